The fourth-order valence-corrected chi connectivity index (χ4v) is 9.41. The number of anilines is 1. The van der Waals surface area contributed by atoms with Gasteiger partial charge in [-0.2, -0.15) is 0 Å². The Kier molecular flexibility index (Phi) is 5.24. The van der Waals surface area contributed by atoms with Crippen LogP contribution in [-0.4, -0.2) is 74.8 Å². The molecule has 6 bridgehead atoms. The first-order chi connectivity index (χ1) is 18.4. The Morgan fingerprint density at radius 1 is 1.08 bits per heavy atom. The van der Waals surface area contributed by atoms with Crippen LogP contribution in [0.4, 0.5) is 5.69 Å². The van der Waals surface area contributed by atoms with Gasteiger partial charge >= 0.3 is 5.97 Å². The molecule has 8 rings (SSSR count). The zero-order chi connectivity index (χ0) is 26.5. The van der Waals surface area contributed by atoms with E-state index >= 15 is 0 Å². The van der Waals surface area contributed by atoms with Crippen molar-refractivity contribution in [1.82, 2.24) is 4.90 Å². The highest BCUT2D eigenvalue weighted by Gasteiger charge is 2.77. The minimum Gasteiger partial charge on any atom is -0.493 e. The quantitative estimate of drug-likeness (QED) is 0.581. The standard InChI is InChI=1S/C30H36N2O6/c1-6-16-17-13-20-26-30(18-9-7-8-10-19(18)31(26)2)14-21(32(20)28(16)33)24(17)27(30)38-29(34)15-11-22(35-3)25(37-5)23(12-15)36-4/h7-12,16-17,20-21,24,26-28,33H,6,13-14H2,1-5H3. The number of likely N-dealkylation sites (N-methyl/N-ethyl adjacent to an activating group) is 1. The van der Waals surface area contributed by atoms with Gasteiger partial charge in [-0.05, 0) is 48.9 Å². The number of carbonyl (C=O) groups excluding carboxylic acids is 1. The van der Waals surface area contributed by atoms with Gasteiger partial charge in [0.15, 0.2) is 11.5 Å². The van der Waals surface area contributed by atoms with Gasteiger partial charge in [0.05, 0.1) is 38.3 Å². The van der Waals surface area contributed by atoms with E-state index < -0.39 is 6.23 Å². The van der Waals surface area contributed by atoms with Crippen molar-refractivity contribution in [3.8, 4) is 17.2 Å². The Balaban J connectivity index is 1.35. The molecule has 10 atom stereocenters. The van der Waals surface area contributed by atoms with Crippen molar-refractivity contribution in [2.45, 2.75) is 62.1 Å². The molecule has 10 unspecified atom stereocenters. The number of hydrogen-bond donors (Lipinski definition) is 1. The molecule has 5 aliphatic heterocycles. The van der Waals surface area contributed by atoms with Crippen LogP contribution in [0, 0.1) is 17.8 Å². The summed E-state index contributed by atoms with van der Waals surface area (Å²) in [4.78, 5) is 18.7. The number of aliphatic hydroxyl groups excluding tert-OH is 1. The molecule has 202 valence electrons. The first-order valence-corrected chi connectivity index (χ1v) is 13.7. The van der Waals surface area contributed by atoms with Crippen molar-refractivity contribution in [3.63, 3.8) is 0 Å². The molecule has 2 aromatic rings. The third kappa shape index (κ3) is 2.75. The van der Waals surface area contributed by atoms with E-state index in [-0.39, 0.29) is 47.4 Å². The Labute approximate surface area is 223 Å². The van der Waals surface area contributed by atoms with Crippen LogP contribution in [0.5, 0.6) is 17.2 Å². The van der Waals surface area contributed by atoms with Crippen LogP contribution in [0.25, 0.3) is 0 Å². The van der Waals surface area contributed by atoms with Crippen molar-refractivity contribution < 1.29 is 28.8 Å². The lowest BCUT2D eigenvalue weighted by molar-refractivity contribution is -0.211. The van der Waals surface area contributed by atoms with Gasteiger partial charge in [-0.3, -0.25) is 4.90 Å². The number of nitrogens with zero attached hydrogens (tertiary/aromatic N) is 2. The number of ether oxygens (including phenoxy) is 4. The molecular weight excluding hydrogens is 484 g/mol. The number of benzene rings is 2. The Morgan fingerprint density at radius 3 is 2.45 bits per heavy atom. The largest absolute Gasteiger partial charge is 0.493 e. The molecule has 8 heteroatoms. The van der Waals surface area contributed by atoms with Crippen LogP contribution in [0.15, 0.2) is 36.4 Å². The van der Waals surface area contributed by atoms with Crippen molar-refractivity contribution in [2.75, 3.05) is 33.3 Å². The molecule has 1 saturated carbocycles. The van der Waals surface area contributed by atoms with Gasteiger partial charge in [0.1, 0.15) is 12.3 Å². The number of rotatable bonds is 6. The number of piperidine rings is 4. The highest BCUT2D eigenvalue weighted by Crippen LogP contribution is 2.69. The molecule has 6 aliphatic rings. The maximum atomic E-state index is 13.9. The molecule has 1 N–H and O–H groups in total. The molecule has 5 fully saturated rings. The molecule has 5 heterocycles. The second-order valence-electron chi connectivity index (χ2n) is 11.6. The van der Waals surface area contributed by atoms with Crippen LogP contribution in [0.2, 0.25) is 0 Å². The van der Waals surface area contributed by atoms with Crippen molar-refractivity contribution >= 4 is 11.7 Å². The van der Waals surface area contributed by atoms with Gasteiger partial charge in [0, 0.05) is 36.7 Å². The van der Waals surface area contributed by atoms with Crippen LogP contribution in [0.3, 0.4) is 0 Å². The van der Waals surface area contributed by atoms with Gasteiger partial charge in [-0.15, -0.1) is 0 Å². The summed E-state index contributed by atoms with van der Waals surface area (Å²) in [5.41, 5.74) is 2.55. The zero-order valence-electron chi connectivity index (χ0n) is 22.6. The maximum absolute atomic E-state index is 13.9. The van der Waals surface area contributed by atoms with Gasteiger partial charge in [0.2, 0.25) is 5.75 Å². The van der Waals surface area contributed by atoms with Crippen molar-refractivity contribution in [1.29, 1.82) is 0 Å². The minimum atomic E-state index is -0.440. The molecular formula is C30H36N2O6. The van der Waals surface area contributed by atoms with E-state index in [0.29, 0.717) is 28.7 Å². The molecule has 38 heavy (non-hydrogen) atoms. The van der Waals surface area contributed by atoms with Crippen LogP contribution < -0.4 is 19.1 Å². The molecule has 2 aromatic carbocycles. The Bertz CT molecular complexity index is 1270. The number of para-hydroxylation sites is 1. The molecule has 1 aliphatic carbocycles. The maximum Gasteiger partial charge on any atom is 0.338 e. The summed E-state index contributed by atoms with van der Waals surface area (Å²) in [6.45, 7) is 2.17. The summed E-state index contributed by atoms with van der Waals surface area (Å²) in [6.07, 6.45) is 2.09. The molecule has 0 radical (unpaired) electrons. The average Bonchev–Trinajstić information content (AvgIpc) is 3.34. The van der Waals surface area contributed by atoms with Gasteiger partial charge < -0.3 is 29.0 Å². The van der Waals surface area contributed by atoms with E-state index in [0.717, 1.165) is 19.3 Å². The first kappa shape index (κ1) is 24.1. The van der Waals surface area contributed by atoms with Gasteiger partial charge in [-0.25, -0.2) is 4.79 Å². The van der Waals surface area contributed by atoms with Gasteiger partial charge in [-0.1, -0.05) is 25.1 Å². The Hall–Kier alpha value is -2.97. The summed E-state index contributed by atoms with van der Waals surface area (Å²) in [5, 5.41) is 11.5. The van der Waals surface area contributed by atoms with E-state index in [1.54, 1.807) is 33.5 Å². The number of aliphatic hydroxyl groups is 1. The topological polar surface area (TPSA) is 80.7 Å². The number of hydrogen-bond acceptors (Lipinski definition) is 8. The molecule has 0 amide bonds. The van der Waals surface area contributed by atoms with E-state index in [1.165, 1.54) is 11.3 Å². The highest BCUT2D eigenvalue weighted by molar-refractivity contribution is 5.91. The molecule has 4 saturated heterocycles. The van der Waals surface area contributed by atoms with E-state index in [9.17, 15) is 9.90 Å². The summed E-state index contributed by atoms with van der Waals surface area (Å²) < 4.78 is 23.2. The van der Waals surface area contributed by atoms with Crippen LogP contribution in [-0.2, 0) is 10.2 Å². The van der Waals surface area contributed by atoms with Gasteiger partial charge in [0.25, 0.3) is 0 Å². The minimum absolute atomic E-state index is 0.136. The van der Waals surface area contributed by atoms with Crippen molar-refractivity contribution in [3.05, 3.63) is 47.5 Å². The lowest BCUT2D eigenvalue weighted by Crippen LogP contribution is -2.72. The first-order valence-electron chi connectivity index (χ1n) is 13.7. The smallest absolute Gasteiger partial charge is 0.338 e. The SMILES string of the molecule is CCC1C2CC3C4N(C)c5ccccc5C45CC(C2C5OC(=O)c2cc(OC)c(OC)c(OC)c2)N3C1O. The highest BCUT2D eigenvalue weighted by atomic mass is 16.5. The van der Waals surface area contributed by atoms with E-state index in [4.69, 9.17) is 18.9 Å². The molecule has 8 nitrogen and oxygen atoms in total. The van der Waals surface area contributed by atoms with Crippen molar-refractivity contribution in [2.24, 2.45) is 17.8 Å². The van der Waals surface area contributed by atoms with E-state index in [1.807, 2.05) is 0 Å². The average molecular weight is 521 g/mol. The summed E-state index contributed by atoms with van der Waals surface area (Å²) in [5.74, 6) is 1.58. The molecule has 1 spiro atoms. The lowest BCUT2D eigenvalue weighted by atomic mass is 9.62. The third-order valence-corrected chi connectivity index (χ3v) is 10.6. The summed E-state index contributed by atoms with van der Waals surface area (Å²) >= 11 is 0. The fourth-order valence-electron chi connectivity index (χ4n) is 9.41. The normalized spacial score (nSPS) is 39.1. The number of fused-ring (bicyclic) bond motifs is 2. The predicted molar refractivity (Wildman–Crippen MR) is 141 cm³/mol. The monoisotopic (exact) mass is 520 g/mol. The zero-order valence-corrected chi connectivity index (χ0v) is 22.6. The second-order valence-corrected chi connectivity index (χ2v) is 11.6. The van der Waals surface area contributed by atoms with Crippen LogP contribution >= 0.6 is 0 Å². The molecule has 0 aromatic heterocycles. The number of methoxy groups -OCH3 is 3. The fraction of sp³-hybridized carbons (Fsp3) is 0.567. The lowest BCUT2D eigenvalue weighted by Gasteiger charge is -2.62. The van der Waals surface area contributed by atoms with E-state index in [2.05, 4.69) is 48.0 Å². The Morgan fingerprint density at radius 2 is 1.79 bits per heavy atom. The summed E-state index contributed by atoms with van der Waals surface area (Å²) in [6, 6.07) is 12.5. The second kappa shape index (κ2) is 8.26. The third-order valence-electron chi connectivity index (χ3n) is 10.6. The van der Waals surface area contributed by atoms with Crippen LogP contribution in [0.1, 0.15) is 42.1 Å². The summed E-state index contributed by atoms with van der Waals surface area (Å²) in [7, 11) is 6.80. The number of esters is 1. The predicted octanol–water partition coefficient (Wildman–Crippen LogP) is 3.45. The number of carbonyl (C=O) groups is 1.